The third-order valence-corrected chi connectivity index (χ3v) is 7.44. The van der Waals surface area contributed by atoms with Gasteiger partial charge in [0.25, 0.3) is 5.91 Å². The second-order valence-corrected chi connectivity index (χ2v) is 9.92. The lowest BCUT2D eigenvalue weighted by Crippen LogP contribution is -2.47. The molecule has 0 bridgehead atoms. The molecule has 6 rings (SSSR count). The van der Waals surface area contributed by atoms with Crippen LogP contribution in [-0.4, -0.2) is 66.8 Å². The zero-order chi connectivity index (χ0) is 23.8. The first-order chi connectivity index (χ1) is 17.2. The van der Waals surface area contributed by atoms with Gasteiger partial charge in [-0.3, -0.25) is 14.7 Å². The van der Waals surface area contributed by atoms with Gasteiger partial charge < -0.3 is 19.3 Å². The minimum atomic E-state index is 0.0804. The Balaban J connectivity index is 1.25. The number of aromatic nitrogens is 1. The maximum Gasteiger partial charge on any atom is 0.257 e. The number of hydrogen-bond donors (Lipinski definition) is 0. The van der Waals surface area contributed by atoms with Crippen LogP contribution in [0.2, 0.25) is 5.02 Å². The highest BCUT2D eigenvalue weighted by atomic mass is 35.5. The second-order valence-electron chi connectivity index (χ2n) is 9.49. The highest BCUT2D eigenvalue weighted by molar-refractivity contribution is 6.31. The predicted molar refractivity (Wildman–Crippen MR) is 137 cm³/mol. The lowest BCUT2D eigenvalue weighted by Gasteiger charge is -2.38. The van der Waals surface area contributed by atoms with Crippen LogP contribution in [0.5, 0.6) is 11.5 Å². The highest BCUT2D eigenvalue weighted by Gasteiger charge is 2.28. The highest BCUT2D eigenvalue weighted by Crippen LogP contribution is 2.35. The Morgan fingerprint density at radius 2 is 1.71 bits per heavy atom. The lowest BCUT2D eigenvalue weighted by molar-refractivity contribution is 0.0724. The zero-order valence-electron chi connectivity index (χ0n) is 19.7. The number of piperidine rings is 1. The molecule has 0 aliphatic carbocycles. The normalized spacial score (nSPS) is 18.3. The van der Waals surface area contributed by atoms with Gasteiger partial charge in [0, 0.05) is 62.4 Å². The van der Waals surface area contributed by atoms with E-state index in [1.807, 2.05) is 29.2 Å². The van der Waals surface area contributed by atoms with Crippen LogP contribution >= 0.6 is 11.6 Å². The predicted octanol–water partition coefficient (Wildman–Crippen LogP) is 4.57. The molecule has 0 N–H and O–H groups in total. The quantitative estimate of drug-likeness (QED) is 0.532. The molecule has 2 fully saturated rings. The fraction of sp³-hybridized carbons (Fsp3) is 0.407. The van der Waals surface area contributed by atoms with E-state index in [-0.39, 0.29) is 5.91 Å². The van der Waals surface area contributed by atoms with Crippen molar-refractivity contribution in [2.45, 2.75) is 25.8 Å². The average molecular weight is 493 g/mol. The Kier molecular flexibility index (Phi) is 6.12. The van der Waals surface area contributed by atoms with Crippen molar-refractivity contribution in [2.24, 2.45) is 0 Å². The van der Waals surface area contributed by atoms with Gasteiger partial charge in [-0.1, -0.05) is 17.7 Å². The summed E-state index contributed by atoms with van der Waals surface area (Å²) in [5, 5.41) is 1.61. The summed E-state index contributed by atoms with van der Waals surface area (Å²) in [6.45, 7) is 6.23. The fourth-order valence-corrected chi connectivity index (χ4v) is 5.51. The van der Waals surface area contributed by atoms with Crippen LogP contribution in [0.25, 0.3) is 10.9 Å². The molecule has 0 saturated carbocycles. The number of benzene rings is 2. The Bertz CT molecular complexity index is 1250. The van der Waals surface area contributed by atoms with Gasteiger partial charge in [0.1, 0.15) is 0 Å². The van der Waals surface area contributed by atoms with Crippen LogP contribution in [-0.2, 0) is 6.54 Å². The number of rotatable bonds is 4. The van der Waals surface area contributed by atoms with Crippen molar-refractivity contribution < 1.29 is 14.3 Å². The van der Waals surface area contributed by atoms with Crippen molar-refractivity contribution in [3.63, 3.8) is 0 Å². The molecule has 7 nitrogen and oxygen atoms in total. The number of fused-ring (bicyclic) bond motifs is 2. The molecule has 2 aromatic carbocycles. The molecule has 3 aliphatic heterocycles. The van der Waals surface area contributed by atoms with E-state index < -0.39 is 0 Å². The number of carbonyl (C=O) groups is 1. The van der Waals surface area contributed by atoms with Gasteiger partial charge in [0.15, 0.2) is 11.5 Å². The van der Waals surface area contributed by atoms with Gasteiger partial charge >= 0.3 is 0 Å². The molecule has 2 saturated heterocycles. The number of halogens is 1. The van der Waals surface area contributed by atoms with E-state index in [0.717, 1.165) is 86.7 Å². The van der Waals surface area contributed by atoms with Crippen LogP contribution in [0.15, 0.2) is 42.6 Å². The number of anilines is 1. The van der Waals surface area contributed by atoms with E-state index in [2.05, 4.69) is 26.9 Å². The minimum absolute atomic E-state index is 0.0804. The summed E-state index contributed by atoms with van der Waals surface area (Å²) in [5.74, 6) is 1.71. The van der Waals surface area contributed by atoms with Gasteiger partial charge in [0.2, 0.25) is 6.79 Å². The number of piperazine rings is 1. The summed E-state index contributed by atoms with van der Waals surface area (Å²) in [5.41, 5.74) is 3.73. The van der Waals surface area contributed by atoms with E-state index in [0.29, 0.717) is 17.4 Å². The molecule has 0 unspecified atom stereocenters. The second kappa shape index (κ2) is 9.55. The van der Waals surface area contributed by atoms with Gasteiger partial charge in [0.05, 0.1) is 16.8 Å². The first-order valence-corrected chi connectivity index (χ1v) is 12.8. The lowest BCUT2D eigenvalue weighted by atomic mass is 10.0. The van der Waals surface area contributed by atoms with Crippen molar-refractivity contribution in [3.8, 4) is 11.5 Å². The summed E-state index contributed by atoms with van der Waals surface area (Å²) in [7, 11) is 0. The third kappa shape index (κ3) is 4.50. The zero-order valence-corrected chi connectivity index (χ0v) is 20.5. The first kappa shape index (κ1) is 22.4. The van der Waals surface area contributed by atoms with Gasteiger partial charge in [-0.2, -0.15) is 0 Å². The minimum Gasteiger partial charge on any atom is -0.454 e. The average Bonchev–Trinajstić information content (AvgIpc) is 3.37. The molecule has 35 heavy (non-hydrogen) atoms. The van der Waals surface area contributed by atoms with Gasteiger partial charge in [-0.05, 0) is 55.2 Å². The van der Waals surface area contributed by atoms with E-state index in [1.54, 1.807) is 6.20 Å². The van der Waals surface area contributed by atoms with Gasteiger partial charge in [-0.15, -0.1) is 0 Å². The molecule has 8 heteroatoms. The molecule has 1 amide bonds. The van der Waals surface area contributed by atoms with E-state index in [9.17, 15) is 4.79 Å². The summed E-state index contributed by atoms with van der Waals surface area (Å²) >= 11 is 6.39. The van der Waals surface area contributed by atoms with Crippen LogP contribution in [0.4, 0.5) is 5.69 Å². The molecule has 1 aromatic heterocycles. The molecular formula is C27H29ClN4O3. The number of ether oxygens (including phenoxy) is 2. The molecule has 182 valence electrons. The largest absolute Gasteiger partial charge is 0.454 e. The number of pyridine rings is 1. The maximum absolute atomic E-state index is 13.6. The Morgan fingerprint density at radius 3 is 2.54 bits per heavy atom. The van der Waals surface area contributed by atoms with Crippen LogP contribution < -0.4 is 14.4 Å². The van der Waals surface area contributed by atoms with Crippen LogP contribution in [0, 0.1) is 0 Å². The number of nitrogens with zero attached hydrogens (tertiary/aromatic N) is 4. The Morgan fingerprint density at radius 1 is 0.914 bits per heavy atom. The van der Waals surface area contributed by atoms with Crippen molar-refractivity contribution in [2.75, 3.05) is 51.0 Å². The van der Waals surface area contributed by atoms with E-state index >= 15 is 0 Å². The smallest absolute Gasteiger partial charge is 0.257 e. The Hall–Kier alpha value is -3.03. The van der Waals surface area contributed by atoms with Crippen molar-refractivity contribution >= 4 is 34.1 Å². The summed E-state index contributed by atoms with van der Waals surface area (Å²) in [6.07, 6.45) is 5.08. The third-order valence-electron chi connectivity index (χ3n) is 7.21. The first-order valence-electron chi connectivity index (χ1n) is 12.4. The molecular weight excluding hydrogens is 464 g/mol. The SMILES string of the molecule is O=C(c1cnc2ccc(Cl)cc2c1N1CCN(Cc2ccc3c(c2)OCO3)CC1)N1CCCCC1. The molecule has 0 atom stereocenters. The van der Waals surface area contributed by atoms with E-state index in [4.69, 9.17) is 21.1 Å². The number of hydrogen-bond acceptors (Lipinski definition) is 6. The molecule has 0 radical (unpaired) electrons. The molecule has 3 aliphatic rings. The number of carbonyl (C=O) groups excluding carboxylic acids is 1. The number of amides is 1. The Labute approximate surface area is 210 Å². The van der Waals surface area contributed by atoms with Gasteiger partial charge in [-0.25, -0.2) is 0 Å². The van der Waals surface area contributed by atoms with E-state index in [1.165, 1.54) is 12.0 Å². The summed E-state index contributed by atoms with van der Waals surface area (Å²) in [6, 6.07) is 11.9. The van der Waals surface area contributed by atoms with Crippen molar-refractivity contribution in [3.05, 3.63) is 58.7 Å². The standard InChI is InChI=1S/C27H29ClN4O3/c28-20-5-6-23-21(15-20)26(22(16-29-23)27(33)32-8-2-1-3-9-32)31-12-10-30(11-13-31)17-19-4-7-24-25(14-19)35-18-34-24/h4-7,14-16H,1-3,8-13,17-18H2. The maximum atomic E-state index is 13.6. The molecule has 4 heterocycles. The number of likely N-dealkylation sites (tertiary alicyclic amines) is 1. The van der Waals surface area contributed by atoms with Crippen molar-refractivity contribution in [1.29, 1.82) is 0 Å². The fourth-order valence-electron chi connectivity index (χ4n) is 5.34. The molecule has 3 aromatic rings. The summed E-state index contributed by atoms with van der Waals surface area (Å²) in [4.78, 5) is 25.0. The summed E-state index contributed by atoms with van der Waals surface area (Å²) < 4.78 is 11.0. The van der Waals surface area contributed by atoms with Crippen LogP contribution in [0.3, 0.4) is 0 Å². The topological polar surface area (TPSA) is 58.1 Å². The monoisotopic (exact) mass is 492 g/mol. The van der Waals surface area contributed by atoms with Crippen LogP contribution in [0.1, 0.15) is 35.2 Å². The molecule has 0 spiro atoms. The van der Waals surface area contributed by atoms with Crippen molar-refractivity contribution in [1.82, 2.24) is 14.8 Å².